The van der Waals surface area contributed by atoms with Crippen LogP contribution in [-0.4, -0.2) is 16.5 Å². The Morgan fingerprint density at radius 2 is 1.00 bits per heavy atom. The zero-order chi connectivity index (χ0) is 14.9. The molecule has 0 fully saturated rings. The number of halogens is 1. The molecule has 0 spiro atoms. The highest BCUT2D eigenvalue weighted by Gasteiger charge is 2.00. The van der Waals surface area contributed by atoms with E-state index in [0.717, 1.165) is 11.8 Å². The lowest BCUT2D eigenvalue weighted by atomic mass is 10.0. The summed E-state index contributed by atoms with van der Waals surface area (Å²) >= 11 is 3.31. The lowest BCUT2D eigenvalue weighted by molar-refractivity contribution is 0.186. The van der Waals surface area contributed by atoms with E-state index >= 15 is 0 Å². The highest BCUT2D eigenvalue weighted by atomic mass is 79.9. The van der Waals surface area contributed by atoms with Crippen LogP contribution >= 0.6 is 15.9 Å². The summed E-state index contributed by atoms with van der Waals surface area (Å²) in [6.07, 6.45) is 20.4. The molecule has 0 saturated carbocycles. The smallest absolute Gasteiger partial charge is 0.0637 e. The van der Waals surface area contributed by atoms with Crippen LogP contribution in [0.4, 0.5) is 0 Å². The minimum absolute atomic E-state index is 0.132. The van der Waals surface area contributed by atoms with Crippen LogP contribution in [-0.2, 0) is 0 Å². The van der Waals surface area contributed by atoms with Crippen LogP contribution in [0.3, 0.4) is 0 Å². The fourth-order valence-corrected chi connectivity index (χ4v) is 2.98. The second-order valence-corrected chi connectivity index (χ2v) is 6.84. The molecule has 0 heterocycles. The van der Waals surface area contributed by atoms with Gasteiger partial charge in [-0.05, 0) is 6.42 Å². The van der Waals surface area contributed by atoms with Crippen LogP contribution in [0.15, 0.2) is 0 Å². The van der Waals surface area contributed by atoms with E-state index in [4.69, 9.17) is 0 Å². The average molecular weight is 349 g/mol. The second-order valence-electron chi connectivity index (χ2n) is 6.19. The molecule has 0 radical (unpaired) electrons. The summed E-state index contributed by atoms with van der Waals surface area (Å²) in [6, 6.07) is 0. The molecule has 0 aliphatic rings. The van der Waals surface area contributed by atoms with Crippen molar-refractivity contribution in [2.24, 2.45) is 0 Å². The molecule has 0 rings (SSSR count). The van der Waals surface area contributed by atoms with Gasteiger partial charge in [-0.2, -0.15) is 0 Å². The Morgan fingerprint density at radius 1 is 0.650 bits per heavy atom. The standard InChI is InChI=1S/C18H37BrO/c1-2-3-4-5-6-7-8-9-10-11-12-13-14-15-16-18(20)17-19/h18,20H,2-17H2,1H3. The predicted octanol–water partition coefficient (Wildman–Crippen LogP) is 6.61. The SMILES string of the molecule is CCCCCCCCCCCCCCCCC(O)CBr. The molecular formula is C18H37BrO. The first-order chi connectivity index (χ1) is 9.81. The highest BCUT2D eigenvalue weighted by Crippen LogP contribution is 2.13. The Kier molecular flexibility index (Phi) is 17.9. The molecule has 1 unspecified atom stereocenters. The van der Waals surface area contributed by atoms with Gasteiger partial charge in [0.05, 0.1) is 6.10 Å². The Bertz CT molecular complexity index is 173. The molecule has 0 aromatic heterocycles. The Hall–Kier alpha value is 0.440. The van der Waals surface area contributed by atoms with E-state index < -0.39 is 0 Å². The maximum Gasteiger partial charge on any atom is 0.0637 e. The Labute approximate surface area is 136 Å². The normalized spacial score (nSPS) is 12.8. The third-order valence-electron chi connectivity index (χ3n) is 4.07. The van der Waals surface area contributed by atoms with Crippen LogP contribution < -0.4 is 0 Å². The third kappa shape index (κ3) is 16.5. The molecule has 0 saturated heterocycles. The van der Waals surface area contributed by atoms with Crippen LogP contribution in [0, 0.1) is 0 Å². The minimum atomic E-state index is -0.132. The van der Waals surface area contributed by atoms with Gasteiger partial charge in [0.15, 0.2) is 0 Å². The van der Waals surface area contributed by atoms with Gasteiger partial charge < -0.3 is 5.11 Å². The van der Waals surface area contributed by atoms with Crippen molar-refractivity contribution in [1.29, 1.82) is 0 Å². The zero-order valence-electron chi connectivity index (χ0n) is 13.7. The fourth-order valence-electron chi connectivity index (χ4n) is 2.65. The van der Waals surface area contributed by atoms with Crippen molar-refractivity contribution in [3.8, 4) is 0 Å². The van der Waals surface area contributed by atoms with Gasteiger partial charge in [0.2, 0.25) is 0 Å². The molecule has 1 nitrogen and oxygen atoms in total. The van der Waals surface area contributed by atoms with Crippen molar-refractivity contribution in [1.82, 2.24) is 0 Å². The maximum absolute atomic E-state index is 9.40. The summed E-state index contributed by atoms with van der Waals surface area (Å²) in [5, 5.41) is 10.1. The molecule has 1 N–H and O–H groups in total. The topological polar surface area (TPSA) is 20.2 Å². The molecule has 20 heavy (non-hydrogen) atoms. The van der Waals surface area contributed by atoms with E-state index in [1.54, 1.807) is 0 Å². The first kappa shape index (κ1) is 20.4. The summed E-state index contributed by atoms with van der Waals surface area (Å²) in [5.41, 5.74) is 0. The second kappa shape index (κ2) is 17.5. The van der Waals surface area contributed by atoms with Crippen molar-refractivity contribution in [2.45, 2.75) is 109 Å². The van der Waals surface area contributed by atoms with E-state index in [9.17, 15) is 5.11 Å². The number of hydrogen-bond donors (Lipinski definition) is 1. The number of aliphatic hydroxyl groups is 1. The number of hydrogen-bond acceptors (Lipinski definition) is 1. The van der Waals surface area contributed by atoms with E-state index in [2.05, 4.69) is 22.9 Å². The Morgan fingerprint density at radius 3 is 1.35 bits per heavy atom. The monoisotopic (exact) mass is 348 g/mol. The average Bonchev–Trinajstić information content (AvgIpc) is 2.47. The minimum Gasteiger partial charge on any atom is -0.392 e. The molecule has 0 aliphatic heterocycles. The fraction of sp³-hybridized carbons (Fsp3) is 1.00. The van der Waals surface area contributed by atoms with Crippen LogP contribution in [0.5, 0.6) is 0 Å². The van der Waals surface area contributed by atoms with Gasteiger partial charge in [0.25, 0.3) is 0 Å². The largest absolute Gasteiger partial charge is 0.392 e. The number of alkyl halides is 1. The molecule has 0 aliphatic carbocycles. The summed E-state index contributed by atoms with van der Waals surface area (Å²) < 4.78 is 0. The van der Waals surface area contributed by atoms with Crippen LogP contribution in [0.2, 0.25) is 0 Å². The van der Waals surface area contributed by atoms with Gasteiger partial charge in [0, 0.05) is 5.33 Å². The van der Waals surface area contributed by atoms with Gasteiger partial charge in [0.1, 0.15) is 0 Å². The van der Waals surface area contributed by atoms with Gasteiger partial charge in [-0.3, -0.25) is 0 Å². The summed E-state index contributed by atoms with van der Waals surface area (Å²) in [4.78, 5) is 0. The van der Waals surface area contributed by atoms with Crippen molar-refractivity contribution < 1.29 is 5.11 Å². The molecular weight excluding hydrogens is 312 g/mol. The molecule has 2 heteroatoms. The van der Waals surface area contributed by atoms with Crippen molar-refractivity contribution in [3.05, 3.63) is 0 Å². The quantitative estimate of drug-likeness (QED) is 0.245. The van der Waals surface area contributed by atoms with E-state index in [0.29, 0.717) is 0 Å². The van der Waals surface area contributed by atoms with E-state index in [1.165, 1.54) is 89.9 Å². The van der Waals surface area contributed by atoms with E-state index in [-0.39, 0.29) is 6.10 Å². The molecule has 1 atom stereocenters. The first-order valence-corrected chi connectivity index (χ1v) is 10.2. The predicted molar refractivity (Wildman–Crippen MR) is 94.7 cm³/mol. The van der Waals surface area contributed by atoms with Crippen molar-refractivity contribution in [3.63, 3.8) is 0 Å². The van der Waals surface area contributed by atoms with Crippen LogP contribution in [0.25, 0.3) is 0 Å². The van der Waals surface area contributed by atoms with Gasteiger partial charge in [-0.1, -0.05) is 113 Å². The first-order valence-electron chi connectivity index (χ1n) is 9.05. The van der Waals surface area contributed by atoms with Crippen molar-refractivity contribution >= 4 is 15.9 Å². The summed E-state index contributed by atoms with van der Waals surface area (Å²) in [5.74, 6) is 0. The third-order valence-corrected chi connectivity index (χ3v) is 4.82. The molecule has 0 bridgehead atoms. The lowest BCUT2D eigenvalue weighted by Crippen LogP contribution is -2.06. The maximum atomic E-state index is 9.40. The molecule has 0 aromatic carbocycles. The molecule has 0 amide bonds. The number of aliphatic hydroxyl groups excluding tert-OH is 1. The summed E-state index contributed by atoms with van der Waals surface area (Å²) in [6.45, 7) is 2.28. The lowest BCUT2D eigenvalue weighted by Gasteiger charge is -2.06. The molecule has 122 valence electrons. The number of unbranched alkanes of at least 4 members (excludes halogenated alkanes) is 13. The summed E-state index contributed by atoms with van der Waals surface area (Å²) in [7, 11) is 0. The van der Waals surface area contributed by atoms with Gasteiger partial charge in [-0.25, -0.2) is 0 Å². The number of rotatable bonds is 16. The zero-order valence-corrected chi connectivity index (χ0v) is 15.3. The highest BCUT2D eigenvalue weighted by molar-refractivity contribution is 9.09. The van der Waals surface area contributed by atoms with Gasteiger partial charge in [-0.15, -0.1) is 0 Å². The van der Waals surface area contributed by atoms with Crippen LogP contribution in [0.1, 0.15) is 103 Å². The van der Waals surface area contributed by atoms with Gasteiger partial charge >= 0.3 is 0 Å². The van der Waals surface area contributed by atoms with E-state index in [1.807, 2.05) is 0 Å². The molecule has 0 aromatic rings. The van der Waals surface area contributed by atoms with Crippen molar-refractivity contribution in [2.75, 3.05) is 5.33 Å². The Balaban J connectivity index is 2.96.